The molecular formula is C18H17F3N2O6S. The summed E-state index contributed by atoms with van der Waals surface area (Å²) < 4.78 is 64.0. The van der Waals surface area contributed by atoms with Crippen LogP contribution in [0, 0.1) is 6.92 Å². The van der Waals surface area contributed by atoms with Crippen molar-refractivity contribution in [1.29, 1.82) is 0 Å². The normalized spacial score (nSPS) is 11.9. The van der Waals surface area contributed by atoms with Crippen molar-refractivity contribution < 1.29 is 36.6 Å². The van der Waals surface area contributed by atoms with E-state index in [-0.39, 0.29) is 29.1 Å². The summed E-state index contributed by atoms with van der Waals surface area (Å²) >= 11 is 0. The monoisotopic (exact) mass is 446 g/mol. The second kappa shape index (κ2) is 8.71. The summed E-state index contributed by atoms with van der Waals surface area (Å²) in [5.74, 6) is -2.45. The molecule has 2 rings (SSSR count). The number of sulfonamides is 1. The molecule has 0 bridgehead atoms. The molecule has 0 saturated heterocycles. The van der Waals surface area contributed by atoms with E-state index in [1.807, 2.05) is 0 Å². The highest BCUT2D eigenvalue weighted by Crippen LogP contribution is 2.29. The van der Waals surface area contributed by atoms with Gasteiger partial charge in [0.25, 0.3) is 5.91 Å². The van der Waals surface area contributed by atoms with Gasteiger partial charge in [0.05, 0.1) is 10.5 Å². The van der Waals surface area contributed by atoms with Gasteiger partial charge in [-0.05, 0) is 48.9 Å². The number of aryl methyl sites for hydroxylation is 1. The van der Waals surface area contributed by atoms with E-state index in [2.05, 4.69) is 10.0 Å². The van der Waals surface area contributed by atoms with Crippen molar-refractivity contribution in [2.45, 2.75) is 18.0 Å². The third-order valence-corrected chi connectivity index (χ3v) is 5.45. The van der Waals surface area contributed by atoms with E-state index in [1.165, 1.54) is 6.92 Å². The van der Waals surface area contributed by atoms with Crippen LogP contribution >= 0.6 is 0 Å². The molecule has 0 fully saturated rings. The molecule has 162 valence electrons. The van der Waals surface area contributed by atoms with E-state index in [0.29, 0.717) is 12.1 Å². The molecular weight excluding hydrogens is 429 g/mol. The molecule has 2 aromatic rings. The van der Waals surface area contributed by atoms with Crippen LogP contribution in [-0.2, 0) is 16.2 Å². The Morgan fingerprint density at radius 3 is 2.23 bits per heavy atom. The average Bonchev–Trinajstić information content (AvgIpc) is 2.76. The fourth-order valence-corrected chi connectivity index (χ4v) is 3.43. The number of amides is 1. The molecule has 0 atom stereocenters. The minimum atomic E-state index is -4.59. The van der Waals surface area contributed by atoms with Gasteiger partial charge in [-0.2, -0.15) is 13.2 Å². The maximum Gasteiger partial charge on any atom is 0.416 e. The predicted molar refractivity (Wildman–Crippen MR) is 99.7 cm³/mol. The molecule has 0 spiro atoms. The first-order valence-corrected chi connectivity index (χ1v) is 9.83. The molecule has 0 saturated carbocycles. The van der Waals surface area contributed by atoms with Crippen LogP contribution < -0.4 is 15.5 Å². The van der Waals surface area contributed by atoms with E-state index in [1.54, 1.807) is 0 Å². The molecule has 8 nitrogen and oxygen atoms in total. The highest BCUT2D eigenvalue weighted by Gasteiger charge is 2.30. The Morgan fingerprint density at radius 1 is 1.07 bits per heavy atom. The van der Waals surface area contributed by atoms with Crippen molar-refractivity contribution in [3.05, 3.63) is 63.3 Å². The molecule has 0 unspecified atom stereocenters. The van der Waals surface area contributed by atoms with Gasteiger partial charge in [-0.15, -0.1) is 0 Å². The van der Waals surface area contributed by atoms with Crippen LogP contribution in [0.2, 0.25) is 0 Å². The second-order valence-electron chi connectivity index (χ2n) is 6.16. The quantitative estimate of drug-likeness (QED) is 0.497. The summed E-state index contributed by atoms with van der Waals surface area (Å²) in [5, 5.41) is 21.4. The van der Waals surface area contributed by atoms with E-state index >= 15 is 0 Å². The molecule has 2 aromatic carbocycles. The number of aromatic hydroxyl groups is 2. The molecule has 12 heteroatoms. The van der Waals surface area contributed by atoms with Crippen LogP contribution in [0.5, 0.6) is 11.5 Å². The number of nitrogens with one attached hydrogen (secondary N) is 2. The number of halogens is 3. The Kier molecular flexibility index (Phi) is 6.73. The van der Waals surface area contributed by atoms with Gasteiger partial charge in [0.15, 0.2) is 5.75 Å². The molecule has 0 aliphatic rings. The van der Waals surface area contributed by atoms with Crippen molar-refractivity contribution in [2.75, 3.05) is 13.1 Å². The number of benzene rings is 1. The van der Waals surface area contributed by atoms with Gasteiger partial charge in [0.1, 0.15) is 0 Å². The summed E-state index contributed by atoms with van der Waals surface area (Å²) in [7, 11) is -4.11. The third-order valence-electron chi connectivity index (χ3n) is 3.97. The number of rotatable bonds is 6. The zero-order valence-electron chi connectivity index (χ0n) is 15.4. The lowest BCUT2D eigenvalue weighted by molar-refractivity contribution is -0.137. The van der Waals surface area contributed by atoms with Crippen molar-refractivity contribution >= 4 is 15.9 Å². The Morgan fingerprint density at radius 2 is 1.67 bits per heavy atom. The predicted octanol–water partition coefficient (Wildman–Crippen LogP) is 1.49. The molecule has 30 heavy (non-hydrogen) atoms. The van der Waals surface area contributed by atoms with Crippen molar-refractivity contribution in [3.63, 3.8) is 0 Å². The lowest BCUT2D eigenvalue weighted by atomic mass is 10.1. The number of carbonyl (C=O) groups excluding carboxylic acids is 1. The minimum absolute atomic E-state index is 0.115. The highest BCUT2D eigenvalue weighted by atomic mass is 32.2. The molecule has 0 heterocycles. The van der Waals surface area contributed by atoms with E-state index in [4.69, 9.17) is 0 Å². The average molecular weight is 446 g/mol. The topological polar surface area (TPSA) is 133 Å². The first-order chi connectivity index (χ1) is 13.8. The molecule has 1 amide bonds. The van der Waals surface area contributed by atoms with Gasteiger partial charge >= 0.3 is 6.18 Å². The van der Waals surface area contributed by atoms with Crippen molar-refractivity contribution in [2.24, 2.45) is 0 Å². The highest BCUT2D eigenvalue weighted by molar-refractivity contribution is 7.89. The molecule has 0 radical (unpaired) electrons. The van der Waals surface area contributed by atoms with Crippen LogP contribution in [0.3, 0.4) is 0 Å². The van der Waals surface area contributed by atoms with Gasteiger partial charge < -0.3 is 15.5 Å². The van der Waals surface area contributed by atoms with Gasteiger partial charge in [-0.1, -0.05) is 0 Å². The summed E-state index contributed by atoms with van der Waals surface area (Å²) in [6.07, 6.45) is -4.59. The maximum atomic E-state index is 12.5. The first kappa shape index (κ1) is 23.2. The van der Waals surface area contributed by atoms with Crippen LogP contribution in [0.25, 0.3) is 0 Å². The largest absolute Gasteiger partial charge is 0.504 e. The zero-order chi connectivity index (χ0) is 22.7. The van der Waals surface area contributed by atoms with E-state index < -0.39 is 44.6 Å². The van der Waals surface area contributed by atoms with Crippen LogP contribution in [-0.4, -0.2) is 37.6 Å². The van der Waals surface area contributed by atoms with E-state index in [0.717, 1.165) is 24.3 Å². The van der Waals surface area contributed by atoms with Crippen LogP contribution in [0.1, 0.15) is 21.5 Å². The first-order valence-electron chi connectivity index (χ1n) is 8.35. The SMILES string of the molecule is Cc1cc(=O)c(O)c(O)cc1C(=O)NCCNS(=O)(=O)c1ccc(C(F)(F)F)cc1. The fraction of sp³-hybridized carbons (Fsp3) is 0.222. The number of alkyl halides is 3. The molecule has 0 aliphatic heterocycles. The summed E-state index contributed by atoms with van der Waals surface area (Å²) in [5.41, 5.74) is -1.82. The Labute approximate surface area is 169 Å². The Balaban J connectivity index is 2.01. The van der Waals surface area contributed by atoms with Gasteiger partial charge in [0.2, 0.25) is 21.2 Å². The van der Waals surface area contributed by atoms with Crippen molar-refractivity contribution in [1.82, 2.24) is 10.0 Å². The third kappa shape index (κ3) is 5.48. The zero-order valence-corrected chi connectivity index (χ0v) is 16.3. The van der Waals surface area contributed by atoms with Gasteiger partial charge in [0, 0.05) is 18.7 Å². The number of hydrogen-bond acceptors (Lipinski definition) is 6. The van der Waals surface area contributed by atoms with E-state index in [9.17, 15) is 41.4 Å². The number of carbonyl (C=O) groups is 1. The van der Waals surface area contributed by atoms with Crippen LogP contribution in [0.4, 0.5) is 13.2 Å². The smallest absolute Gasteiger partial charge is 0.416 e. The molecule has 0 aromatic heterocycles. The summed E-state index contributed by atoms with van der Waals surface area (Å²) in [6, 6.07) is 4.76. The Bertz CT molecular complexity index is 1120. The van der Waals surface area contributed by atoms with Gasteiger partial charge in [-0.3, -0.25) is 9.59 Å². The second-order valence-corrected chi connectivity index (χ2v) is 7.93. The standard InChI is InChI=1S/C18H17F3N2O6S/c1-10-8-14(24)16(26)15(25)9-13(10)17(27)22-6-7-23-30(28,29)12-4-2-11(3-5-12)18(19,20)21/h2-5,8-9,23H,6-7H2,1H3,(H,22,27)(H2,24,25,26). The summed E-state index contributed by atoms with van der Waals surface area (Å²) in [6.45, 7) is 0.924. The molecule has 4 N–H and O–H groups in total. The lowest BCUT2D eigenvalue weighted by Crippen LogP contribution is -2.34. The van der Waals surface area contributed by atoms with Gasteiger partial charge in [-0.25, -0.2) is 13.1 Å². The Hall–Kier alpha value is -3.12. The number of hydrogen-bond donors (Lipinski definition) is 4. The van der Waals surface area contributed by atoms with Crippen molar-refractivity contribution in [3.8, 4) is 11.5 Å². The minimum Gasteiger partial charge on any atom is -0.504 e. The lowest BCUT2D eigenvalue weighted by Gasteiger charge is -2.10. The maximum absolute atomic E-state index is 12.5. The molecule has 0 aliphatic carbocycles. The fourth-order valence-electron chi connectivity index (χ4n) is 2.40. The summed E-state index contributed by atoms with van der Waals surface area (Å²) in [4.78, 5) is 23.4. The van der Waals surface area contributed by atoms with Crippen LogP contribution in [0.15, 0.2) is 46.1 Å².